The van der Waals surface area contributed by atoms with Crippen LogP contribution in [0.4, 0.5) is 0 Å². The van der Waals surface area contributed by atoms with Crippen LogP contribution in [-0.2, 0) is 13.2 Å². The van der Waals surface area contributed by atoms with Crippen LogP contribution in [0.5, 0.6) is 5.75 Å². The van der Waals surface area contributed by atoms with Crippen LogP contribution in [0.2, 0.25) is 0 Å². The van der Waals surface area contributed by atoms with Crippen molar-refractivity contribution in [2.75, 3.05) is 6.54 Å². The smallest absolute Gasteiger partial charge is 0.213 e. The molecule has 0 spiro atoms. The molecule has 0 fully saturated rings. The highest BCUT2D eigenvalue weighted by molar-refractivity contribution is 9.10. The number of aromatic nitrogens is 2. The van der Waals surface area contributed by atoms with Crippen molar-refractivity contribution < 1.29 is 9.26 Å². The Morgan fingerprint density at radius 3 is 3.05 bits per heavy atom. The highest BCUT2D eigenvalue weighted by Crippen LogP contribution is 2.23. The summed E-state index contributed by atoms with van der Waals surface area (Å²) < 4.78 is 11.4. The molecule has 0 aliphatic heterocycles. The van der Waals surface area contributed by atoms with E-state index in [9.17, 15) is 0 Å². The molecule has 1 N–H and O–H groups in total. The van der Waals surface area contributed by atoms with E-state index in [1.807, 2.05) is 18.2 Å². The van der Waals surface area contributed by atoms with Gasteiger partial charge in [0.15, 0.2) is 6.61 Å². The first-order valence-corrected chi connectivity index (χ1v) is 6.96. The van der Waals surface area contributed by atoms with Crippen LogP contribution in [0, 0.1) is 0 Å². The number of hydrogen-bond acceptors (Lipinski definition) is 5. The van der Waals surface area contributed by atoms with Crippen LogP contribution in [-0.4, -0.2) is 16.7 Å². The van der Waals surface area contributed by atoms with Gasteiger partial charge in [0.2, 0.25) is 12.2 Å². The third kappa shape index (κ3) is 4.33. The van der Waals surface area contributed by atoms with Crippen molar-refractivity contribution in [2.24, 2.45) is 0 Å². The number of nitrogens with zero attached hydrogens (tertiary/aromatic N) is 2. The van der Waals surface area contributed by atoms with Crippen molar-refractivity contribution in [1.29, 1.82) is 0 Å². The highest BCUT2D eigenvalue weighted by atomic mass is 79.9. The maximum atomic E-state index is 5.72. The molecule has 1 aromatic carbocycles. The third-order valence-corrected chi connectivity index (χ3v) is 3.02. The Kier molecular flexibility index (Phi) is 5.35. The summed E-state index contributed by atoms with van der Waals surface area (Å²) in [5.41, 5.74) is 1.10. The maximum Gasteiger partial charge on any atom is 0.213 e. The van der Waals surface area contributed by atoms with Crippen molar-refractivity contribution in [2.45, 2.75) is 26.5 Å². The molecule has 102 valence electrons. The first-order valence-electron chi connectivity index (χ1n) is 6.16. The van der Waals surface area contributed by atoms with Crippen molar-refractivity contribution in [3.8, 4) is 5.75 Å². The van der Waals surface area contributed by atoms with Gasteiger partial charge in [-0.2, -0.15) is 4.98 Å². The zero-order chi connectivity index (χ0) is 13.5. The Morgan fingerprint density at radius 1 is 1.42 bits per heavy atom. The first-order chi connectivity index (χ1) is 9.29. The van der Waals surface area contributed by atoms with Gasteiger partial charge in [-0.25, -0.2) is 0 Å². The minimum absolute atomic E-state index is 0.304. The second-order valence-corrected chi connectivity index (χ2v) is 4.98. The maximum absolute atomic E-state index is 5.72. The molecule has 5 nitrogen and oxygen atoms in total. The lowest BCUT2D eigenvalue weighted by atomic mass is 10.2. The van der Waals surface area contributed by atoms with Crippen molar-refractivity contribution in [3.05, 3.63) is 40.5 Å². The molecule has 0 aliphatic carbocycles. The average molecular weight is 326 g/mol. The molecular formula is C13H16BrN3O2. The van der Waals surface area contributed by atoms with Gasteiger partial charge in [0.25, 0.3) is 0 Å². The second-order valence-electron chi connectivity index (χ2n) is 4.06. The Hall–Kier alpha value is -1.40. The van der Waals surface area contributed by atoms with Crippen molar-refractivity contribution in [3.63, 3.8) is 0 Å². The molecular weight excluding hydrogens is 310 g/mol. The summed E-state index contributed by atoms with van der Waals surface area (Å²) in [5.74, 6) is 1.37. The van der Waals surface area contributed by atoms with Crippen LogP contribution in [0.3, 0.4) is 0 Å². The quantitative estimate of drug-likeness (QED) is 0.793. The fraction of sp³-hybridized carbons (Fsp3) is 0.385. The van der Waals surface area contributed by atoms with E-state index >= 15 is 0 Å². The molecule has 6 heteroatoms. The monoisotopic (exact) mass is 325 g/mol. The van der Waals surface area contributed by atoms with Gasteiger partial charge in [-0.15, -0.1) is 0 Å². The van der Waals surface area contributed by atoms with Crippen LogP contribution in [0.1, 0.15) is 24.7 Å². The van der Waals surface area contributed by atoms with Crippen molar-refractivity contribution >= 4 is 15.9 Å². The minimum atomic E-state index is 0.304. The second kappa shape index (κ2) is 7.25. The van der Waals surface area contributed by atoms with Gasteiger partial charge in [0.05, 0.1) is 0 Å². The predicted molar refractivity (Wildman–Crippen MR) is 74.8 cm³/mol. The summed E-state index contributed by atoms with van der Waals surface area (Å²) in [6.07, 6.45) is 2.40. The Bertz CT molecular complexity index is 503. The summed E-state index contributed by atoms with van der Waals surface area (Å²) >= 11 is 3.47. The average Bonchev–Trinajstić information content (AvgIpc) is 2.91. The lowest BCUT2D eigenvalue weighted by Gasteiger charge is -2.11. The topological polar surface area (TPSA) is 60.2 Å². The van der Waals surface area contributed by atoms with E-state index in [0.717, 1.165) is 35.3 Å². The molecule has 2 aromatic rings. The summed E-state index contributed by atoms with van der Waals surface area (Å²) in [6, 6.07) is 5.94. The van der Waals surface area contributed by atoms with Crippen LogP contribution in [0.25, 0.3) is 0 Å². The van der Waals surface area contributed by atoms with Crippen LogP contribution < -0.4 is 10.1 Å². The van der Waals surface area contributed by atoms with Gasteiger partial charge in [-0.05, 0) is 31.2 Å². The standard InChI is InChI=1S/C13H16BrN3O2/c1-2-5-15-7-10-6-11(14)3-4-12(10)18-8-13-16-9-19-17-13/h3-4,6,9,15H,2,5,7-8H2,1H3. The van der Waals surface area contributed by atoms with Gasteiger partial charge < -0.3 is 14.6 Å². The number of hydrogen-bond donors (Lipinski definition) is 1. The summed E-state index contributed by atoms with van der Waals surface area (Å²) in [5, 5.41) is 7.08. The van der Waals surface area contributed by atoms with E-state index in [1.54, 1.807) is 0 Å². The van der Waals surface area contributed by atoms with E-state index in [1.165, 1.54) is 6.39 Å². The molecule has 0 atom stereocenters. The summed E-state index contributed by atoms with van der Waals surface area (Å²) in [4.78, 5) is 3.93. The number of rotatable bonds is 7. The van der Waals surface area contributed by atoms with Gasteiger partial charge in [-0.1, -0.05) is 28.0 Å². The number of nitrogens with one attached hydrogen (secondary N) is 1. The van der Waals surface area contributed by atoms with Gasteiger partial charge >= 0.3 is 0 Å². The molecule has 0 saturated carbocycles. The van der Waals surface area contributed by atoms with Gasteiger partial charge in [-0.3, -0.25) is 0 Å². The van der Waals surface area contributed by atoms with E-state index in [2.05, 4.69) is 42.8 Å². The lowest BCUT2D eigenvalue weighted by molar-refractivity contribution is 0.283. The third-order valence-electron chi connectivity index (χ3n) is 2.53. The minimum Gasteiger partial charge on any atom is -0.485 e. The Morgan fingerprint density at radius 2 is 2.32 bits per heavy atom. The zero-order valence-electron chi connectivity index (χ0n) is 10.7. The molecule has 1 heterocycles. The van der Waals surface area contributed by atoms with E-state index in [4.69, 9.17) is 4.74 Å². The zero-order valence-corrected chi connectivity index (χ0v) is 12.3. The van der Waals surface area contributed by atoms with Gasteiger partial charge in [0.1, 0.15) is 5.75 Å². The van der Waals surface area contributed by atoms with Crippen LogP contribution >= 0.6 is 15.9 Å². The van der Waals surface area contributed by atoms with Crippen LogP contribution in [0.15, 0.2) is 33.6 Å². The molecule has 0 amide bonds. The highest BCUT2D eigenvalue weighted by Gasteiger charge is 2.06. The predicted octanol–water partition coefficient (Wildman–Crippen LogP) is 2.91. The van der Waals surface area contributed by atoms with E-state index in [0.29, 0.717) is 12.4 Å². The normalized spacial score (nSPS) is 10.6. The fourth-order valence-corrected chi connectivity index (χ4v) is 2.03. The molecule has 1 aromatic heterocycles. The first kappa shape index (κ1) is 14.0. The molecule has 0 unspecified atom stereocenters. The lowest BCUT2D eigenvalue weighted by Crippen LogP contribution is -2.14. The number of ether oxygens (including phenoxy) is 1. The van der Waals surface area contributed by atoms with Gasteiger partial charge in [0, 0.05) is 16.6 Å². The molecule has 0 bridgehead atoms. The number of benzene rings is 1. The van der Waals surface area contributed by atoms with E-state index < -0.39 is 0 Å². The Labute approximate surface area is 120 Å². The van der Waals surface area contributed by atoms with Crippen molar-refractivity contribution in [1.82, 2.24) is 15.5 Å². The molecule has 19 heavy (non-hydrogen) atoms. The Balaban J connectivity index is 2.01. The largest absolute Gasteiger partial charge is 0.485 e. The SMILES string of the molecule is CCCNCc1cc(Br)ccc1OCc1ncon1. The molecule has 0 radical (unpaired) electrons. The molecule has 0 saturated heterocycles. The molecule has 2 rings (SSSR count). The molecule has 0 aliphatic rings. The fourth-order valence-electron chi connectivity index (χ4n) is 1.63. The number of halogens is 1. The van der Waals surface area contributed by atoms with E-state index in [-0.39, 0.29) is 0 Å². The summed E-state index contributed by atoms with van der Waals surface area (Å²) in [7, 11) is 0. The summed E-state index contributed by atoms with van der Waals surface area (Å²) in [6.45, 7) is 4.20.